The zero-order valence-electron chi connectivity index (χ0n) is 7.32. The predicted molar refractivity (Wildman–Crippen MR) is 51.6 cm³/mol. The van der Waals surface area contributed by atoms with Crippen LogP contribution in [0, 0.1) is 6.92 Å². The Balaban J connectivity index is 2.73. The van der Waals surface area contributed by atoms with E-state index in [2.05, 4.69) is 0 Å². The van der Waals surface area contributed by atoms with E-state index < -0.39 is 8.38 Å². The highest BCUT2D eigenvalue weighted by Crippen LogP contribution is 2.29. The Morgan fingerprint density at radius 2 is 2.25 bits per heavy atom. The molecule has 1 rings (SSSR count). The predicted octanol–water partition coefficient (Wildman–Crippen LogP) is 1.96. The van der Waals surface area contributed by atoms with E-state index in [-0.39, 0.29) is 0 Å². The summed E-state index contributed by atoms with van der Waals surface area (Å²) in [5.74, 6) is 0. The zero-order chi connectivity index (χ0) is 8.97. The molecule has 66 valence electrons. The molecule has 1 atom stereocenters. The molecule has 0 fully saturated rings. The van der Waals surface area contributed by atoms with Gasteiger partial charge in [-0.2, -0.15) is 0 Å². The van der Waals surface area contributed by atoms with Crippen molar-refractivity contribution in [2.24, 2.45) is 0 Å². The van der Waals surface area contributed by atoms with Crippen LogP contribution in [0.25, 0.3) is 0 Å². The van der Waals surface area contributed by atoms with Gasteiger partial charge in [-0.3, -0.25) is 0 Å². The first-order chi connectivity index (χ1) is 5.74. The zero-order valence-corrected chi connectivity index (χ0v) is 8.21. The molecule has 0 amide bonds. The number of aryl methyl sites for hydroxylation is 1. The highest BCUT2D eigenvalue weighted by molar-refractivity contribution is 7.55. The molecule has 0 aromatic heterocycles. The van der Waals surface area contributed by atoms with Crippen LogP contribution in [0.3, 0.4) is 0 Å². The summed E-state index contributed by atoms with van der Waals surface area (Å²) in [5, 5.41) is 0.881. The molecule has 0 aliphatic carbocycles. The summed E-state index contributed by atoms with van der Waals surface area (Å²) < 4.78 is 5.10. The van der Waals surface area contributed by atoms with E-state index in [1.807, 2.05) is 38.1 Å². The molecule has 0 radical (unpaired) electrons. The molecule has 12 heavy (non-hydrogen) atoms. The quantitative estimate of drug-likeness (QED) is 0.727. The fourth-order valence-electron chi connectivity index (χ4n) is 0.944. The van der Waals surface area contributed by atoms with Gasteiger partial charge in [0.2, 0.25) is 8.38 Å². The minimum atomic E-state index is -1.39. The fraction of sp³-hybridized carbons (Fsp3) is 0.333. The lowest BCUT2D eigenvalue weighted by atomic mass is 10.2. The Hall–Kier alpha value is -0.430. The van der Waals surface area contributed by atoms with Crippen molar-refractivity contribution in [3.63, 3.8) is 0 Å². The van der Waals surface area contributed by atoms with Crippen molar-refractivity contribution in [2.45, 2.75) is 13.8 Å². The minimum absolute atomic E-state index is 0.552. The average molecular weight is 184 g/mol. The van der Waals surface area contributed by atoms with Crippen LogP contribution in [-0.4, -0.2) is 11.5 Å². The molecule has 0 bridgehead atoms. The smallest absolute Gasteiger partial charge is 0.202 e. The van der Waals surface area contributed by atoms with Gasteiger partial charge < -0.3 is 9.42 Å². The molecule has 2 nitrogen and oxygen atoms in total. The molecule has 0 aliphatic rings. The first-order valence-corrected chi connectivity index (χ1v) is 5.14. The second-order valence-corrected chi connectivity index (χ2v) is 3.85. The second-order valence-electron chi connectivity index (χ2n) is 2.53. The van der Waals surface area contributed by atoms with E-state index in [9.17, 15) is 4.89 Å². The number of rotatable bonds is 3. The van der Waals surface area contributed by atoms with Crippen molar-refractivity contribution >= 4 is 13.7 Å². The normalized spacial score (nSPS) is 12.9. The van der Waals surface area contributed by atoms with Crippen LogP contribution in [0.2, 0.25) is 0 Å². The van der Waals surface area contributed by atoms with E-state index >= 15 is 0 Å². The Morgan fingerprint density at radius 3 is 2.83 bits per heavy atom. The van der Waals surface area contributed by atoms with Gasteiger partial charge in [0.15, 0.2) is 0 Å². The third-order valence-corrected chi connectivity index (χ3v) is 2.70. The van der Waals surface area contributed by atoms with Gasteiger partial charge in [-0.25, -0.2) is 0 Å². The third-order valence-electron chi connectivity index (χ3n) is 1.47. The summed E-state index contributed by atoms with van der Waals surface area (Å²) in [6, 6.07) is 7.75. The first-order valence-electron chi connectivity index (χ1n) is 3.92. The van der Waals surface area contributed by atoms with Crippen LogP contribution >= 0.6 is 8.38 Å². The van der Waals surface area contributed by atoms with Gasteiger partial charge in [-0.05, 0) is 26.0 Å². The lowest BCUT2D eigenvalue weighted by Gasteiger charge is -2.09. The molecule has 1 aromatic rings. The molecule has 0 saturated carbocycles. The van der Waals surface area contributed by atoms with Crippen molar-refractivity contribution in [1.29, 1.82) is 0 Å². The van der Waals surface area contributed by atoms with Gasteiger partial charge >= 0.3 is 0 Å². The second kappa shape index (κ2) is 4.56. The highest BCUT2D eigenvalue weighted by Gasteiger charge is 2.06. The van der Waals surface area contributed by atoms with Gasteiger partial charge in [0.1, 0.15) is 0 Å². The van der Waals surface area contributed by atoms with Gasteiger partial charge in [0.25, 0.3) is 0 Å². The molecule has 0 heterocycles. The van der Waals surface area contributed by atoms with Crippen molar-refractivity contribution < 1.29 is 9.42 Å². The lowest BCUT2D eigenvalue weighted by Crippen LogP contribution is -2.02. The summed E-state index contributed by atoms with van der Waals surface area (Å²) >= 11 is 0. The lowest BCUT2D eigenvalue weighted by molar-refractivity contribution is 0.337. The van der Waals surface area contributed by atoms with Crippen molar-refractivity contribution in [3.05, 3.63) is 29.8 Å². The largest absolute Gasteiger partial charge is 0.346 e. The van der Waals surface area contributed by atoms with E-state index in [4.69, 9.17) is 4.52 Å². The third kappa shape index (κ3) is 2.56. The van der Waals surface area contributed by atoms with E-state index in [1.54, 1.807) is 0 Å². The van der Waals surface area contributed by atoms with Crippen molar-refractivity contribution in [1.82, 2.24) is 0 Å². The number of hydrogen-bond acceptors (Lipinski definition) is 2. The van der Waals surface area contributed by atoms with E-state index in [1.165, 1.54) is 0 Å². The Kier molecular flexibility index (Phi) is 3.67. The van der Waals surface area contributed by atoms with E-state index in [0.29, 0.717) is 6.61 Å². The minimum Gasteiger partial charge on any atom is -0.346 e. The van der Waals surface area contributed by atoms with Crippen LogP contribution in [0.5, 0.6) is 0 Å². The molecule has 1 aromatic carbocycles. The van der Waals surface area contributed by atoms with Crippen LogP contribution in [0.15, 0.2) is 24.3 Å². The summed E-state index contributed by atoms with van der Waals surface area (Å²) in [5.41, 5.74) is 1.15. The summed E-state index contributed by atoms with van der Waals surface area (Å²) in [6.45, 7) is 4.43. The van der Waals surface area contributed by atoms with Gasteiger partial charge in [-0.1, -0.05) is 17.7 Å². The molecule has 0 saturated heterocycles. The molecular weight excluding hydrogens is 171 g/mol. The molecule has 1 N–H and O–H groups in total. The molecule has 0 aliphatic heterocycles. The maximum Gasteiger partial charge on any atom is 0.202 e. The maximum atomic E-state index is 9.49. The summed E-state index contributed by atoms with van der Waals surface area (Å²) in [7, 11) is -1.39. The highest BCUT2D eigenvalue weighted by atomic mass is 31.2. The first kappa shape index (κ1) is 9.66. The van der Waals surface area contributed by atoms with Crippen LogP contribution in [-0.2, 0) is 4.52 Å². The maximum absolute atomic E-state index is 9.49. The van der Waals surface area contributed by atoms with Crippen LogP contribution in [0.4, 0.5) is 0 Å². The van der Waals surface area contributed by atoms with E-state index in [0.717, 1.165) is 10.9 Å². The SMILES string of the molecule is CCOP(O)c1cccc(C)c1. The Morgan fingerprint density at radius 1 is 1.50 bits per heavy atom. The van der Waals surface area contributed by atoms with Crippen molar-refractivity contribution in [3.8, 4) is 0 Å². The van der Waals surface area contributed by atoms with Gasteiger partial charge in [0.05, 0.1) is 6.61 Å². The number of hydrogen-bond donors (Lipinski definition) is 1. The van der Waals surface area contributed by atoms with Gasteiger partial charge in [-0.15, -0.1) is 0 Å². The topological polar surface area (TPSA) is 29.5 Å². The molecular formula is C9H13O2P. The average Bonchev–Trinajstić information content (AvgIpc) is 2.05. The van der Waals surface area contributed by atoms with Crippen LogP contribution < -0.4 is 5.30 Å². The standard InChI is InChI=1S/C9H13O2P/c1-3-11-12(10)9-6-4-5-8(2)7-9/h4-7,10H,3H2,1-2H3. The Bertz CT molecular complexity index is 250. The molecule has 3 heteroatoms. The fourth-order valence-corrected chi connectivity index (χ4v) is 1.87. The summed E-state index contributed by atoms with van der Waals surface area (Å²) in [4.78, 5) is 9.49. The number of benzene rings is 1. The van der Waals surface area contributed by atoms with Crippen molar-refractivity contribution in [2.75, 3.05) is 6.61 Å². The summed E-state index contributed by atoms with van der Waals surface area (Å²) in [6.07, 6.45) is 0. The Labute approximate surface area is 74.1 Å². The van der Waals surface area contributed by atoms with Crippen LogP contribution in [0.1, 0.15) is 12.5 Å². The molecule has 0 spiro atoms. The van der Waals surface area contributed by atoms with Gasteiger partial charge in [0, 0.05) is 5.30 Å². The molecule has 1 unspecified atom stereocenters. The monoisotopic (exact) mass is 184 g/mol.